The van der Waals surface area contributed by atoms with E-state index in [-0.39, 0.29) is 17.7 Å². The summed E-state index contributed by atoms with van der Waals surface area (Å²) in [6, 6.07) is 4.03. The Morgan fingerprint density at radius 3 is 2.64 bits per heavy atom. The lowest BCUT2D eigenvalue weighted by Gasteiger charge is -2.29. The van der Waals surface area contributed by atoms with Gasteiger partial charge in [0.2, 0.25) is 11.8 Å². The number of carbonyl (C=O) groups is 2. The average molecular weight is 386 g/mol. The third-order valence-corrected chi connectivity index (χ3v) is 6.30. The number of rotatable bonds is 4. The molecule has 4 rings (SSSR count). The zero-order valence-electron chi connectivity index (χ0n) is 16.5. The Morgan fingerprint density at radius 1 is 1.04 bits per heavy atom. The van der Waals surface area contributed by atoms with Crippen molar-refractivity contribution in [1.82, 2.24) is 20.5 Å². The fourth-order valence-corrected chi connectivity index (χ4v) is 4.61. The number of amides is 2. The molecule has 152 valence electrons. The number of nitrogens with one attached hydrogen (secondary N) is 2. The number of nitrogens with zero attached hydrogens (tertiary/aromatic N) is 3. The molecule has 2 amide bonds. The molecular formula is C21H31N5O2. The fraction of sp³-hybridized carbons (Fsp3) is 0.667. The predicted octanol–water partition coefficient (Wildman–Crippen LogP) is 1.11. The number of aromatic nitrogens is 1. The number of piperidine rings is 2. The van der Waals surface area contributed by atoms with Crippen LogP contribution in [0.1, 0.15) is 43.6 Å². The quantitative estimate of drug-likeness (QED) is 0.757. The Labute approximate surface area is 166 Å². The lowest BCUT2D eigenvalue weighted by Crippen LogP contribution is -2.39. The summed E-state index contributed by atoms with van der Waals surface area (Å²) in [7, 11) is 0. The summed E-state index contributed by atoms with van der Waals surface area (Å²) in [6.45, 7) is 7.80. The Balaban J connectivity index is 1.33. The van der Waals surface area contributed by atoms with Gasteiger partial charge in [-0.3, -0.25) is 14.9 Å². The molecule has 1 atom stereocenters. The molecule has 0 spiro atoms. The van der Waals surface area contributed by atoms with Gasteiger partial charge in [0.25, 0.3) is 0 Å². The van der Waals surface area contributed by atoms with Gasteiger partial charge in [-0.05, 0) is 62.9 Å². The first-order valence-corrected chi connectivity index (χ1v) is 10.7. The van der Waals surface area contributed by atoms with Crippen LogP contribution in [0.3, 0.4) is 0 Å². The van der Waals surface area contributed by atoms with Crippen molar-refractivity contribution in [2.45, 2.75) is 38.0 Å². The van der Waals surface area contributed by atoms with Gasteiger partial charge < -0.3 is 15.1 Å². The highest BCUT2D eigenvalue weighted by atomic mass is 16.2. The normalized spacial score (nSPS) is 25.4. The molecule has 0 saturated carbocycles. The molecule has 28 heavy (non-hydrogen) atoms. The van der Waals surface area contributed by atoms with E-state index in [1.807, 2.05) is 18.3 Å². The van der Waals surface area contributed by atoms with E-state index in [2.05, 4.69) is 25.4 Å². The lowest BCUT2D eigenvalue weighted by atomic mass is 9.92. The average Bonchev–Trinajstić information content (AvgIpc) is 2.95. The summed E-state index contributed by atoms with van der Waals surface area (Å²) in [5, 5.41) is 5.88. The molecule has 2 N–H and O–H groups in total. The summed E-state index contributed by atoms with van der Waals surface area (Å²) in [4.78, 5) is 33.0. The maximum atomic E-state index is 12.1. The van der Waals surface area contributed by atoms with Crippen LogP contribution in [0.4, 0.5) is 5.82 Å². The Bertz CT molecular complexity index is 687. The highest BCUT2D eigenvalue weighted by Crippen LogP contribution is 2.26. The van der Waals surface area contributed by atoms with E-state index < -0.39 is 0 Å². The first kappa shape index (κ1) is 19.3. The number of imide groups is 1. The van der Waals surface area contributed by atoms with Crippen LogP contribution in [0, 0.1) is 5.92 Å². The van der Waals surface area contributed by atoms with Crippen molar-refractivity contribution >= 4 is 17.6 Å². The number of carbonyl (C=O) groups excluding carboxylic acids is 2. The second-order valence-electron chi connectivity index (χ2n) is 8.29. The molecule has 1 unspecified atom stereocenters. The molecule has 0 radical (unpaired) electrons. The van der Waals surface area contributed by atoms with Gasteiger partial charge in [0.05, 0.1) is 5.92 Å². The van der Waals surface area contributed by atoms with Gasteiger partial charge in [-0.2, -0.15) is 0 Å². The standard InChI is InChI=1S/C21H31N5O2/c27-20-5-3-18(21(28)24-20)17-2-4-19(23-14-17)26-11-1-10-25(12-13-26)15-16-6-8-22-9-7-16/h2,4,14,16,18,22H,1,3,5-13,15H2,(H,24,27,28). The Kier molecular flexibility index (Phi) is 6.22. The molecule has 7 heteroatoms. The van der Waals surface area contributed by atoms with E-state index in [1.54, 1.807) is 0 Å². The molecule has 4 heterocycles. The molecule has 3 saturated heterocycles. The molecule has 0 bridgehead atoms. The van der Waals surface area contributed by atoms with E-state index in [4.69, 9.17) is 0 Å². The van der Waals surface area contributed by atoms with Crippen LogP contribution in [0.5, 0.6) is 0 Å². The predicted molar refractivity (Wildman–Crippen MR) is 108 cm³/mol. The first-order chi connectivity index (χ1) is 13.7. The van der Waals surface area contributed by atoms with E-state index in [0.29, 0.717) is 12.8 Å². The molecule has 0 aliphatic carbocycles. The van der Waals surface area contributed by atoms with E-state index in [9.17, 15) is 9.59 Å². The van der Waals surface area contributed by atoms with Crippen LogP contribution in [0.2, 0.25) is 0 Å². The van der Waals surface area contributed by atoms with Gasteiger partial charge in [-0.25, -0.2) is 4.98 Å². The van der Waals surface area contributed by atoms with Crippen molar-refractivity contribution < 1.29 is 9.59 Å². The van der Waals surface area contributed by atoms with Gasteiger partial charge in [0.15, 0.2) is 0 Å². The highest BCUT2D eigenvalue weighted by molar-refractivity contribution is 6.00. The Hall–Kier alpha value is -1.99. The highest BCUT2D eigenvalue weighted by Gasteiger charge is 2.28. The molecular weight excluding hydrogens is 354 g/mol. The summed E-state index contributed by atoms with van der Waals surface area (Å²) < 4.78 is 0. The van der Waals surface area contributed by atoms with Crippen molar-refractivity contribution in [2.75, 3.05) is 50.7 Å². The van der Waals surface area contributed by atoms with E-state index in [1.165, 1.54) is 19.4 Å². The minimum absolute atomic E-state index is 0.176. The maximum absolute atomic E-state index is 12.1. The van der Waals surface area contributed by atoms with Gasteiger partial charge in [0, 0.05) is 38.8 Å². The Morgan fingerprint density at radius 2 is 1.89 bits per heavy atom. The molecule has 3 aliphatic heterocycles. The van der Waals surface area contributed by atoms with Crippen LogP contribution in [-0.2, 0) is 9.59 Å². The SMILES string of the molecule is O=C1CCC(c2ccc(N3CCCN(CC4CCNCC4)CC3)nc2)C(=O)N1. The summed E-state index contributed by atoms with van der Waals surface area (Å²) in [5.41, 5.74) is 0.899. The number of hydrogen-bond acceptors (Lipinski definition) is 6. The maximum Gasteiger partial charge on any atom is 0.234 e. The molecule has 1 aromatic heterocycles. The van der Waals surface area contributed by atoms with Crippen molar-refractivity contribution in [1.29, 1.82) is 0 Å². The zero-order chi connectivity index (χ0) is 19.3. The fourth-order valence-electron chi connectivity index (χ4n) is 4.61. The second-order valence-corrected chi connectivity index (χ2v) is 8.29. The summed E-state index contributed by atoms with van der Waals surface area (Å²) in [6.07, 6.45) is 6.53. The number of anilines is 1. The molecule has 3 aliphatic rings. The topological polar surface area (TPSA) is 77.6 Å². The van der Waals surface area contributed by atoms with Crippen molar-refractivity contribution in [3.8, 4) is 0 Å². The first-order valence-electron chi connectivity index (χ1n) is 10.7. The molecule has 0 aromatic carbocycles. The smallest absolute Gasteiger partial charge is 0.234 e. The minimum atomic E-state index is -0.260. The van der Waals surface area contributed by atoms with Gasteiger partial charge in [-0.15, -0.1) is 0 Å². The van der Waals surface area contributed by atoms with Gasteiger partial charge in [0.1, 0.15) is 5.82 Å². The third kappa shape index (κ3) is 4.70. The van der Waals surface area contributed by atoms with E-state index >= 15 is 0 Å². The van der Waals surface area contributed by atoms with Crippen LogP contribution >= 0.6 is 0 Å². The minimum Gasteiger partial charge on any atom is -0.355 e. The summed E-state index contributed by atoms with van der Waals surface area (Å²) in [5.74, 6) is 1.18. The number of hydrogen-bond donors (Lipinski definition) is 2. The van der Waals surface area contributed by atoms with Crippen molar-refractivity contribution in [3.05, 3.63) is 23.9 Å². The van der Waals surface area contributed by atoms with Crippen LogP contribution in [0.25, 0.3) is 0 Å². The van der Waals surface area contributed by atoms with Crippen molar-refractivity contribution in [2.24, 2.45) is 5.92 Å². The summed E-state index contributed by atoms with van der Waals surface area (Å²) >= 11 is 0. The third-order valence-electron chi connectivity index (χ3n) is 6.30. The van der Waals surface area contributed by atoms with Crippen LogP contribution < -0.4 is 15.5 Å². The largest absolute Gasteiger partial charge is 0.355 e. The van der Waals surface area contributed by atoms with Gasteiger partial charge in [-0.1, -0.05) is 6.07 Å². The van der Waals surface area contributed by atoms with Crippen LogP contribution in [0.15, 0.2) is 18.3 Å². The molecule has 3 fully saturated rings. The van der Waals surface area contributed by atoms with Crippen molar-refractivity contribution in [3.63, 3.8) is 0 Å². The second kappa shape index (κ2) is 9.01. The monoisotopic (exact) mass is 385 g/mol. The zero-order valence-corrected chi connectivity index (χ0v) is 16.5. The van der Waals surface area contributed by atoms with Crippen LogP contribution in [-0.4, -0.2) is 67.5 Å². The lowest BCUT2D eigenvalue weighted by molar-refractivity contribution is -0.134. The van der Waals surface area contributed by atoms with E-state index in [0.717, 1.165) is 63.0 Å². The number of pyridine rings is 1. The molecule has 7 nitrogen and oxygen atoms in total. The molecule has 1 aromatic rings. The van der Waals surface area contributed by atoms with Gasteiger partial charge >= 0.3 is 0 Å².